The van der Waals surface area contributed by atoms with Crippen LogP contribution in [0.4, 0.5) is 4.79 Å². The van der Waals surface area contributed by atoms with Gasteiger partial charge in [0.05, 0.1) is 6.04 Å². The number of para-hydroxylation sites is 1. The number of allylic oxidation sites excluding steroid dienone is 1. The molecule has 2 aromatic carbocycles. The Morgan fingerprint density at radius 1 is 1.03 bits per heavy atom. The van der Waals surface area contributed by atoms with Crippen molar-refractivity contribution in [3.63, 3.8) is 0 Å². The molecule has 1 atom stereocenters. The first kappa shape index (κ1) is 23.4. The number of nitrogens with zero attached hydrogens (tertiary/aromatic N) is 1. The summed E-state index contributed by atoms with van der Waals surface area (Å²) in [6, 6.07) is 17.0. The summed E-state index contributed by atoms with van der Waals surface area (Å²) in [4.78, 5) is 27.1. The lowest BCUT2D eigenvalue weighted by Gasteiger charge is -2.33. The molecule has 0 saturated carbocycles. The SMILES string of the molecule is CC(C)(C)OC(=O)N1C/C=C/Cc2ccccc2OCC(=O)OC[C@@H]1Cc1ccccc1. The van der Waals surface area contributed by atoms with Crippen molar-refractivity contribution in [1.29, 1.82) is 0 Å². The van der Waals surface area contributed by atoms with Crippen molar-refractivity contribution in [3.8, 4) is 5.75 Å². The van der Waals surface area contributed by atoms with Gasteiger partial charge in [0.2, 0.25) is 0 Å². The van der Waals surface area contributed by atoms with Crippen LogP contribution in [-0.4, -0.2) is 48.4 Å². The third-order valence-electron chi connectivity index (χ3n) is 4.94. The largest absolute Gasteiger partial charge is 0.482 e. The molecule has 1 heterocycles. The number of rotatable bonds is 2. The number of fused-ring (bicyclic) bond motifs is 1. The van der Waals surface area contributed by atoms with E-state index in [4.69, 9.17) is 14.2 Å². The van der Waals surface area contributed by atoms with Gasteiger partial charge < -0.3 is 14.2 Å². The van der Waals surface area contributed by atoms with E-state index in [0.29, 0.717) is 25.1 Å². The van der Waals surface area contributed by atoms with Gasteiger partial charge in [-0.2, -0.15) is 0 Å². The fraction of sp³-hybridized carbons (Fsp3) is 0.385. The lowest BCUT2D eigenvalue weighted by atomic mass is 10.1. The molecule has 0 radical (unpaired) electrons. The zero-order chi connectivity index (χ0) is 23.0. The standard InChI is InChI=1S/C26H31NO5/c1-26(2,3)32-25(29)27-16-10-9-14-21-13-7-8-15-23(21)30-19-24(28)31-18-22(27)17-20-11-5-4-6-12-20/h4-13,15,22H,14,16-19H2,1-3H3/b10-9+/t22-/m0/s1. The fourth-order valence-electron chi connectivity index (χ4n) is 3.42. The predicted molar refractivity (Wildman–Crippen MR) is 123 cm³/mol. The number of amides is 1. The second-order valence-corrected chi connectivity index (χ2v) is 8.73. The summed E-state index contributed by atoms with van der Waals surface area (Å²) in [5.74, 6) is 0.174. The first-order valence-corrected chi connectivity index (χ1v) is 10.9. The number of hydrogen-bond donors (Lipinski definition) is 0. The van der Waals surface area contributed by atoms with Gasteiger partial charge in [0.25, 0.3) is 0 Å². The molecule has 0 unspecified atom stereocenters. The monoisotopic (exact) mass is 437 g/mol. The van der Waals surface area contributed by atoms with Crippen molar-refractivity contribution < 1.29 is 23.8 Å². The minimum atomic E-state index is -0.636. The Labute approximate surface area is 189 Å². The molecule has 3 rings (SSSR count). The van der Waals surface area contributed by atoms with E-state index in [9.17, 15) is 9.59 Å². The van der Waals surface area contributed by atoms with Gasteiger partial charge in [-0.05, 0) is 50.8 Å². The smallest absolute Gasteiger partial charge is 0.410 e. The van der Waals surface area contributed by atoms with Crippen LogP contribution in [0.5, 0.6) is 5.75 Å². The van der Waals surface area contributed by atoms with Gasteiger partial charge in [-0.25, -0.2) is 9.59 Å². The van der Waals surface area contributed by atoms with Gasteiger partial charge in [-0.15, -0.1) is 0 Å². The molecule has 2 aromatic rings. The second-order valence-electron chi connectivity index (χ2n) is 8.73. The fourth-order valence-corrected chi connectivity index (χ4v) is 3.42. The number of ether oxygens (including phenoxy) is 3. The highest BCUT2D eigenvalue weighted by Crippen LogP contribution is 2.20. The third kappa shape index (κ3) is 7.15. The molecule has 6 heteroatoms. The van der Waals surface area contributed by atoms with Gasteiger partial charge >= 0.3 is 12.1 Å². The van der Waals surface area contributed by atoms with Crippen molar-refractivity contribution in [2.75, 3.05) is 19.8 Å². The molecule has 0 spiro atoms. The van der Waals surface area contributed by atoms with Crippen LogP contribution in [0.1, 0.15) is 31.9 Å². The molecule has 0 fully saturated rings. The van der Waals surface area contributed by atoms with E-state index in [1.807, 2.05) is 87.5 Å². The van der Waals surface area contributed by atoms with Crippen LogP contribution in [0.15, 0.2) is 66.7 Å². The van der Waals surface area contributed by atoms with Crippen LogP contribution in [0.25, 0.3) is 0 Å². The summed E-state index contributed by atoms with van der Waals surface area (Å²) in [5.41, 5.74) is 1.36. The normalized spacial score (nSPS) is 18.7. The molecular formula is C26H31NO5. The number of cyclic esters (lactones) is 1. The molecule has 0 aliphatic carbocycles. The van der Waals surface area contributed by atoms with Crippen LogP contribution in [0.2, 0.25) is 0 Å². The van der Waals surface area contributed by atoms with E-state index in [-0.39, 0.29) is 19.3 Å². The number of hydrogen-bond acceptors (Lipinski definition) is 5. The maximum atomic E-state index is 13.1. The molecule has 0 bridgehead atoms. The molecule has 170 valence electrons. The van der Waals surface area contributed by atoms with E-state index < -0.39 is 17.7 Å². The van der Waals surface area contributed by atoms with E-state index in [1.165, 1.54) is 0 Å². The lowest BCUT2D eigenvalue weighted by Crippen LogP contribution is -2.47. The van der Waals surface area contributed by atoms with Crippen LogP contribution in [0.3, 0.4) is 0 Å². The zero-order valence-corrected chi connectivity index (χ0v) is 19.0. The number of carbonyl (C=O) groups excluding carboxylic acids is 2. The Morgan fingerprint density at radius 3 is 2.50 bits per heavy atom. The molecule has 0 saturated heterocycles. The van der Waals surface area contributed by atoms with Crippen LogP contribution in [-0.2, 0) is 27.1 Å². The zero-order valence-electron chi connectivity index (χ0n) is 19.0. The molecule has 32 heavy (non-hydrogen) atoms. The van der Waals surface area contributed by atoms with Crippen molar-refractivity contribution >= 4 is 12.1 Å². The minimum Gasteiger partial charge on any atom is -0.482 e. The molecule has 0 N–H and O–H groups in total. The van der Waals surface area contributed by atoms with Crippen molar-refractivity contribution in [1.82, 2.24) is 4.90 Å². The van der Waals surface area contributed by atoms with Gasteiger partial charge in [-0.1, -0.05) is 60.7 Å². The first-order valence-electron chi connectivity index (χ1n) is 10.9. The number of benzene rings is 2. The predicted octanol–water partition coefficient (Wildman–Crippen LogP) is 4.57. The molecule has 0 aromatic heterocycles. The van der Waals surface area contributed by atoms with Crippen molar-refractivity contribution in [2.24, 2.45) is 0 Å². The van der Waals surface area contributed by atoms with Crippen molar-refractivity contribution in [3.05, 3.63) is 77.9 Å². The number of carbonyl (C=O) groups is 2. The summed E-state index contributed by atoms with van der Waals surface area (Å²) in [6.45, 7) is 5.70. The first-order chi connectivity index (χ1) is 15.3. The quantitative estimate of drug-likeness (QED) is 0.509. The van der Waals surface area contributed by atoms with Gasteiger partial charge in [0.1, 0.15) is 18.0 Å². The van der Waals surface area contributed by atoms with Crippen LogP contribution in [0, 0.1) is 0 Å². The highest BCUT2D eigenvalue weighted by Gasteiger charge is 2.29. The summed E-state index contributed by atoms with van der Waals surface area (Å²) in [6.07, 6.45) is 4.66. The van der Waals surface area contributed by atoms with E-state index in [1.54, 1.807) is 4.90 Å². The van der Waals surface area contributed by atoms with Crippen LogP contribution < -0.4 is 4.74 Å². The Balaban J connectivity index is 1.88. The second kappa shape index (κ2) is 10.8. The minimum absolute atomic E-state index is 0.0474. The van der Waals surface area contributed by atoms with Gasteiger partial charge in [0.15, 0.2) is 6.61 Å². The van der Waals surface area contributed by atoms with Crippen molar-refractivity contribution in [2.45, 2.75) is 45.3 Å². The van der Waals surface area contributed by atoms with Gasteiger partial charge in [0, 0.05) is 6.54 Å². The van der Waals surface area contributed by atoms with E-state index in [2.05, 4.69) is 0 Å². The van der Waals surface area contributed by atoms with E-state index in [0.717, 1.165) is 11.1 Å². The molecule has 1 aliphatic heterocycles. The maximum absolute atomic E-state index is 13.1. The summed E-state index contributed by atoms with van der Waals surface area (Å²) < 4.78 is 16.9. The maximum Gasteiger partial charge on any atom is 0.410 e. The molecular weight excluding hydrogens is 406 g/mol. The highest BCUT2D eigenvalue weighted by molar-refractivity contribution is 5.71. The lowest BCUT2D eigenvalue weighted by molar-refractivity contribution is -0.147. The van der Waals surface area contributed by atoms with Gasteiger partial charge in [-0.3, -0.25) is 4.90 Å². The summed E-state index contributed by atoms with van der Waals surface area (Å²) in [5, 5.41) is 0. The Morgan fingerprint density at radius 2 is 1.75 bits per heavy atom. The van der Waals surface area contributed by atoms with Crippen LogP contribution >= 0.6 is 0 Å². The summed E-state index contributed by atoms with van der Waals surface area (Å²) >= 11 is 0. The Hall–Kier alpha value is -3.28. The molecule has 6 nitrogen and oxygen atoms in total. The highest BCUT2D eigenvalue weighted by atomic mass is 16.6. The average Bonchev–Trinajstić information content (AvgIpc) is 2.76. The Bertz CT molecular complexity index is 933. The summed E-state index contributed by atoms with van der Waals surface area (Å²) in [7, 11) is 0. The molecule has 1 aliphatic rings. The average molecular weight is 438 g/mol. The topological polar surface area (TPSA) is 65.1 Å². The number of esters is 1. The molecule has 1 amide bonds. The Kier molecular flexibility index (Phi) is 7.92. The van der Waals surface area contributed by atoms with E-state index >= 15 is 0 Å². The third-order valence-corrected chi connectivity index (χ3v) is 4.94.